The molecule has 0 fully saturated rings. The SMILES string of the molecule is CC(C)OC(=O)/C=C(\Oc1ccccc1[N+](=O)[O-])C(=O)OC(C)C. The van der Waals surface area contributed by atoms with E-state index in [9.17, 15) is 19.7 Å². The van der Waals surface area contributed by atoms with Crippen molar-refractivity contribution in [3.05, 3.63) is 46.2 Å². The molecular weight excluding hydrogens is 318 g/mol. The van der Waals surface area contributed by atoms with Crippen LogP contribution < -0.4 is 4.74 Å². The van der Waals surface area contributed by atoms with E-state index in [1.54, 1.807) is 27.7 Å². The minimum atomic E-state index is -0.927. The van der Waals surface area contributed by atoms with Crippen molar-refractivity contribution in [2.45, 2.75) is 39.9 Å². The molecule has 8 heteroatoms. The van der Waals surface area contributed by atoms with Crippen LogP contribution in [-0.2, 0) is 19.1 Å². The maximum atomic E-state index is 12.1. The van der Waals surface area contributed by atoms with Gasteiger partial charge in [0, 0.05) is 6.07 Å². The van der Waals surface area contributed by atoms with Crippen molar-refractivity contribution in [3.63, 3.8) is 0 Å². The summed E-state index contributed by atoms with van der Waals surface area (Å²) in [6.45, 7) is 6.52. The van der Waals surface area contributed by atoms with Crippen molar-refractivity contribution in [2.24, 2.45) is 0 Å². The van der Waals surface area contributed by atoms with Gasteiger partial charge in [0.15, 0.2) is 0 Å². The molecule has 8 nitrogen and oxygen atoms in total. The second kappa shape index (κ2) is 8.66. The number of nitrogens with zero attached hydrogens (tertiary/aromatic N) is 1. The molecule has 0 aromatic heterocycles. The van der Waals surface area contributed by atoms with Crippen molar-refractivity contribution in [2.75, 3.05) is 0 Å². The lowest BCUT2D eigenvalue weighted by Crippen LogP contribution is -2.20. The number of benzene rings is 1. The molecule has 1 aromatic carbocycles. The zero-order chi connectivity index (χ0) is 18.3. The van der Waals surface area contributed by atoms with E-state index in [2.05, 4.69) is 0 Å². The molecule has 0 atom stereocenters. The van der Waals surface area contributed by atoms with Gasteiger partial charge in [0.2, 0.25) is 11.5 Å². The maximum Gasteiger partial charge on any atom is 0.374 e. The van der Waals surface area contributed by atoms with Crippen LogP contribution in [0.2, 0.25) is 0 Å². The monoisotopic (exact) mass is 337 g/mol. The van der Waals surface area contributed by atoms with Gasteiger partial charge < -0.3 is 14.2 Å². The highest BCUT2D eigenvalue weighted by atomic mass is 16.6. The Morgan fingerprint density at radius 2 is 1.67 bits per heavy atom. The Morgan fingerprint density at radius 3 is 2.21 bits per heavy atom. The number of carbonyl (C=O) groups is 2. The fourth-order valence-corrected chi connectivity index (χ4v) is 1.59. The van der Waals surface area contributed by atoms with Gasteiger partial charge in [-0.05, 0) is 33.8 Å². The zero-order valence-electron chi connectivity index (χ0n) is 13.8. The summed E-state index contributed by atoms with van der Waals surface area (Å²) in [5.74, 6) is -2.43. The van der Waals surface area contributed by atoms with Gasteiger partial charge in [0.25, 0.3) is 0 Å². The number of carbonyl (C=O) groups excluding carboxylic acids is 2. The quantitative estimate of drug-likeness (QED) is 0.248. The molecule has 0 heterocycles. The summed E-state index contributed by atoms with van der Waals surface area (Å²) in [5, 5.41) is 11.0. The molecule has 0 saturated heterocycles. The normalized spacial score (nSPS) is 11.3. The van der Waals surface area contributed by atoms with Crippen LogP contribution in [0.4, 0.5) is 5.69 Å². The second-order valence-electron chi connectivity index (χ2n) is 5.28. The molecule has 130 valence electrons. The van der Waals surface area contributed by atoms with Crippen molar-refractivity contribution < 1.29 is 28.7 Å². The van der Waals surface area contributed by atoms with Gasteiger partial charge in [0.05, 0.1) is 23.2 Å². The largest absolute Gasteiger partial charge is 0.460 e. The van der Waals surface area contributed by atoms with Gasteiger partial charge in [-0.1, -0.05) is 12.1 Å². The van der Waals surface area contributed by atoms with E-state index >= 15 is 0 Å². The van der Waals surface area contributed by atoms with E-state index in [-0.39, 0.29) is 11.4 Å². The van der Waals surface area contributed by atoms with E-state index < -0.39 is 34.8 Å². The third kappa shape index (κ3) is 6.07. The summed E-state index contributed by atoms with van der Waals surface area (Å²) in [5.41, 5.74) is -0.349. The molecular formula is C16H19NO7. The Kier molecular flexibility index (Phi) is 6.91. The first-order valence-corrected chi connectivity index (χ1v) is 7.25. The molecule has 0 aliphatic rings. The van der Waals surface area contributed by atoms with Crippen molar-refractivity contribution >= 4 is 17.6 Å². The van der Waals surface area contributed by atoms with Crippen LogP contribution in [0.25, 0.3) is 0 Å². The van der Waals surface area contributed by atoms with Gasteiger partial charge in [-0.15, -0.1) is 0 Å². The zero-order valence-corrected chi connectivity index (χ0v) is 13.8. The standard InChI is InChI=1S/C16H19NO7/c1-10(2)22-15(18)9-14(16(19)23-11(3)4)24-13-8-6-5-7-12(13)17(20)21/h5-11H,1-4H3/b14-9-. The first-order valence-electron chi connectivity index (χ1n) is 7.25. The highest BCUT2D eigenvalue weighted by molar-refractivity contribution is 5.95. The second-order valence-corrected chi connectivity index (χ2v) is 5.28. The summed E-state index contributed by atoms with van der Waals surface area (Å²) in [6, 6.07) is 5.48. The number of nitro benzene ring substituents is 1. The van der Waals surface area contributed by atoms with Gasteiger partial charge in [0.1, 0.15) is 0 Å². The van der Waals surface area contributed by atoms with Crippen LogP contribution in [0.1, 0.15) is 27.7 Å². The minimum Gasteiger partial charge on any atom is -0.460 e. The predicted molar refractivity (Wildman–Crippen MR) is 84.3 cm³/mol. The number of ether oxygens (including phenoxy) is 3. The summed E-state index contributed by atoms with van der Waals surface area (Å²) >= 11 is 0. The topological polar surface area (TPSA) is 105 Å². The lowest BCUT2D eigenvalue weighted by Gasteiger charge is -2.12. The Morgan fingerprint density at radius 1 is 1.08 bits per heavy atom. The summed E-state index contributed by atoms with van der Waals surface area (Å²) in [7, 11) is 0. The summed E-state index contributed by atoms with van der Waals surface area (Å²) in [4.78, 5) is 34.2. The number of hydrogen-bond acceptors (Lipinski definition) is 7. The summed E-state index contributed by atoms with van der Waals surface area (Å²) in [6.07, 6.45) is -0.0555. The van der Waals surface area contributed by atoms with E-state index in [0.29, 0.717) is 0 Å². The van der Waals surface area contributed by atoms with E-state index in [1.807, 2.05) is 0 Å². The van der Waals surface area contributed by atoms with Crippen LogP contribution in [0.15, 0.2) is 36.1 Å². The van der Waals surface area contributed by atoms with Crippen molar-refractivity contribution in [3.8, 4) is 5.75 Å². The van der Waals surface area contributed by atoms with E-state index in [4.69, 9.17) is 14.2 Å². The van der Waals surface area contributed by atoms with Gasteiger partial charge >= 0.3 is 17.6 Å². The molecule has 0 radical (unpaired) electrons. The molecule has 0 spiro atoms. The first kappa shape index (κ1) is 19.1. The van der Waals surface area contributed by atoms with Crippen molar-refractivity contribution in [1.82, 2.24) is 0 Å². The number of esters is 2. The Balaban J connectivity index is 3.14. The lowest BCUT2D eigenvalue weighted by molar-refractivity contribution is -0.385. The Labute approximate surface area is 139 Å². The maximum absolute atomic E-state index is 12.1. The van der Waals surface area contributed by atoms with Crippen LogP contribution in [0, 0.1) is 10.1 Å². The van der Waals surface area contributed by atoms with Gasteiger partial charge in [-0.3, -0.25) is 10.1 Å². The van der Waals surface area contributed by atoms with Crippen LogP contribution in [0.5, 0.6) is 5.75 Å². The van der Waals surface area contributed by atoms with Crippen LogP contribution in [-0.4, -0.2) is 29.1 Å². The Hall–Kier alpha value is -2.90. The van der Waals surface area contributed by atoms with E-state index in [0.717, 1.165) is 6.08 Å². The van der Waals surface area contributed by atoms with Crippen molar-refractivity contribution in [1.29, 1.82) is 0 Å². The molecule has 0 aliphatic heterocycles. The summed E-state index contributed by atoms with van der Waals surface area (Å²) < 4.78 is 15.2. The van der Waals surface area contributed by atoms with E-state index in [1.165, 1.54) is 24.3 Å². The molecule has 0 unspecified atom stereocenters. The van der Waals surface area contributed by atoms with Gasteiger partial charge in [-0.2, -0.15) is 0 Å². The Bertz CT molecular complexity index is 650. The number of hydrogen-bond donors (Lipinski definition) is 0. The molecule has 1 rings (SSSR count). The average molecular weight is 337 g/mol. The average Bonchev–Trinajstić information content (AvgIpc) is 2.45. The van der Waals surface area contributed by atoms with Gasteiger partial charge in [-0.25, -0.2) is 9.59 Å². The molecule has 0 bridgehead atoms. The smallest absolute Gasteiger partial charge is 0.374 e. The van der Waals surface area contributed by atoms with Crippen LogP contribution in [0.3, 0.4) is 0 Å². The predicted octanol–water partition coefficient (Wildman–Crippen LogP) is 2.76. The lowest BCUT2D eigenvalue weighted by atomic mass is 10.3. The molecule has 0 amide bonds. The number of nitro groups is 1. The number of para-hydroxylation sites is 2. The number of rotatable bonds is 7. The highest BCUT2D eigenvalue weighted by Crippen LogP contribution is 2.28. The molecule has 24 heavy (non-hydrogen) atoms. The third-order valence-electron chi connectivity index (χ3n) is 2.43. The first-order chi connectivity index (χ1) is 11.2. The fraction of sp³-hybridized carbons (Fsp3) is 0.375. The molecule has 0 saturated carbocycles. The molecule has 0 aliphatic carbocycles. The fourth-order valence-electron chi connectivity index (χ4n) is 1.59. The molecule has 0 N–H and O–H groups in total. The third-order valence-corrected chi connectivity index (χ3v) is 2.43. The highest BCUT2D eigenvalue weighted by Gasteiger charge is 2.22. The minimum absolute atomic E-state index is 0.188. The molecule has 1 aromatic rings. The van der Waals surface area contributed by atoms with Crippen LogP contribution >= 0.6 is 0 Å².